The van der Waals surface area contributed by atoms with Crippen molar-refractivity contribution in [2.24, 2.45) is 5.92 Å². The minimum Gasteiger partial charge on any atom is -0.357 e. The fourth-order valence-corrected chi connectivity index (χ4v) is 2.54. The Labute approximate surface area is 111 Å². The van der Waals surface area contributed by atoms with E-state index in [1.165, 1.54) is 31.4 Å². The smallest absolute Gasteiger partial charge is 0.128 e. The molecule has 1 aliphatic rings. The van der Waals surface area contributed by atoms with Crippen LogP contribution in [0.2, 0.25) is 0 Å². The van der Waals surface area contributed by atoms with Crippen LogP contribution in [0.3, 0.4) is 0 Å². The molecule has 1 aromatic rings. The van der Waals surface area contributed by atoms with Crippen molar-refractivity contribution >= 4 is 5.82 Å². The average Bonchev–Trinajstić information content (AvgIpc) is 2.40. The summed E-state index contributed by atoms with van der Waals surface area (Å²) in [4.78, 5) is 6.89. The van der Waals surface area contributed by atoms with Crippen LogP contribution in [0.25, 0.3) is 0 Å². The van der Waals surface area contributed by atoms with Crippen molar-refractivity contribution in [1.29, 1.82) is 0 Å². The van der Waals surface area contributed by atoms with Crippen molar-refractivity contribution in [3.05, 3.63) is 23.9 Å². The summed E-state index contributed by atoms with van der Waals surface area (Å²) in [7, 11) is 0. The third kappa shape index (κ3) is 3.70. The van der Waals surface area contributed by atoms with E-state index in [0.29, 0.717) is 0 Å². The molecule has 100 valence electrons. The molecule has 0 amide bonds. The number of hydrogen-bond donors (Lipinski definition) is 1. The molecule has 1 aromatic heterocycles. The van der Waals surface area contributed by atoms with Gasteiger partial charge in [0.05, 0.1) is 0 Å². The predicted molar refractivity (Wildman–Crippen MR) is 77.1 cm³/mol. The molecule has 3 nitrogen and oxygen atoms in total. The van der Waals surface area contributed by atoms with Gasteiger partial charge in [0, 0.05) is 19.3 Å². The molecule has 0 atom stereocenters. The Morgan fingerprint density at radius 3 is 2.83 bits per heavy atom. The summed E-state index contributed by atoms with van der Waals surface area (Å²) in [6, 6.07) is 4.25. The molecular weight excluding hydrogens is 222 g/mol. The van der Waals surface area contributed by atoms with E-state index in [1.54, 1.807) is 0 Å². The summed E-state index contributed by atoms with van der Waals surface area (Å²) in [5.41, 5.74) is 1.30. The van der Waals surface area contributed by atoms with Crippen LogP contribution in [-0.4, -0.2) is 31.2 Å². The van der Waals surface area contributed by atoms with Gasteiger partial charge in [0.15, 0.2) is 0 Å². The molecule has 1 aliphatic heterocycles. The molecular formula is C15H25N3. The van der Waals surface area contributed by atoms with Crippen molar-refractivity contribution in [2.75, 3.05) is 31.1 Å². The van der Waals surface area contributed by atoms with Crippen LogP contribution < -0.4 is 10.2 Å². The Hall–Kier alpha value is -1.09. The molecule has 0 unspecified atom stereocenters. The zero-order valence-electron chi connectivity index (χ0n) is 11.7. The normalized spacial score (nSPS) is 17.1. The maximum absolute atomic E-state index is 4.47. The molecule has 2 rings (SSSR count). The number of aromatic nitrogens is 1. The first-order valence-electron chi connectivity index (χ1n) is 7.18. The SMILES string of the molecule is CCCNCC1CCN(c2cc(C)ccn2)CC1. The summed E-state index contributed by atoms with van der Waals surface area (Å²) < 4.78 is 0. The minimum absolute atomic E-state index is 0.845. The highest BCUT2D eigenvalue weighted by Gasteiger charge is 2.19. The molecule has 0 bridgehead atoms. The zero-order valence-corrected chi connectivity index (χ0v) is 11.7. The molecule has 0 aromatic carbocycles. The fourth-order valence-electron chi connectivity index (χ4n) is 2.54. The minimum atomic E-state index is 0.845. The lowest BCUT2D eigenvalue weighted by atomic mass is 9.96. The van der Waals surface area contributed by atoms with Gasteiger partial charge < -0.3 is 10.2 Å². The van der Waals surface area contributed by atoms with Gasteiger partial charge in [0.2, 0.25) is 0 Å². The molecule has 0 aliphatic carbocycles. The number of rotatable bonds is 5. The summed E-state index contributed by atoms with van der Waals surface area (Å²) in [5, 5.41) is 3.53. The van der Waals surface area contributed by atoms with Gasteiger partial charge in [-0.25, -0.2) is 4.98 Å². The molecule has 0 saturated carbocycles. The van der Waals surface area contributed by atoms with Crippen LogP contribution in [0.1, 0.15) is 31.7 Å². The van der Waals surface area contributed by atoms with E-state index in [4.69, 9.17) is 0 Å². The second kappa shape index (κ2) is 6.74. The Kier molecular flexibility index (Phi) is 5.00. The van der Waals surface area contributed by atoms with Crippen molar-refractivity contribution in [3.63, 3.8) is 0 Å². The summed E-state index contributed by atoms with van der Waals surface area (Å²) in [5.74, 6) is 1.99. The maximum atomic E-state index is 4.47. The largest absolute Gasteiger partial charge is 0.357 e. The lowest BCUT2D eigenvalue weighted by molar-refractivity contribution is 0.382. The van der Waals surface area contributed by atoms with E-state index >= 15 is 0 Å². The first-order chi connectivity index (χ1) is 8.79. The van der Waals surface area contributed by atoms with Crippen LogP contribution in [0, 0.1) is 12.8 Å². The monoisotopic (exact) mass is 247 g/mol. The molecule has 2 heterocycles. The number of hydrogen-bond acceptors (Lipinski definition) is 3. The van der Waals surface area contributed by atoms with Crippen LogP contribution in [0.4, 0.5) is 5.82 Å². The van der Waals surface area contributed by atoms with Crippen molar-refractivity contribution in [2.45, 2.75) is 33.1 Å². The number of piperidine rings is 1. The molecule has 0 radical (unpaired) electrons. The van der Waals surface area contributed by atoms with Gasteiger partial charge in [-0.2, -0.15) is 0 Å². The van der Waals surface area contributed by atoms with Crippen LogP contribution in [-0.2, 0) is 0 Å². The summed E-state index contributed by atoms with van der Waals surface area (Å²) in [6.45, 7) is 8.98. The molecule has 18 heavy (non-hydrogen) atoms. The van der Waals surface area contributed by atoms with E-state index in [9.17, 15) is 0 Å². The van der Waals surface area contributed by atoms with Gasteiger partial charge in [0.25, 0.3) is 0 Å². The molecule has 0 spiro atoms. The molecule has 1 fully saturated rings. The van der Waals surface area contributed by atoms with Crippen molar-refractivity contribution in [3.8, 4) is 0 Å². The summed E-state index contributed by atoms with van der Waals surface area (Å²) >= 11 is 0. The molecule has 3 heteroatoms. The van der Waals surface area contributed by atoms with E-state index in [-0.39, 0.29) is 0 Å². The first-order valence-corrected chi connectivity index (χ1v) is 7.18. The average molecular weight is 247 g/mol. The lowest BCUT2D eigenvalue weighted by Crippen LogP contribution is -2.37. The second-order valence-electron chi connectivity index (χ2n) is 5.33. The second-order valence-corrected chi connectivity index (χ2v) is 5.33. The van der Waals surface area contributed by atoms with Crippen molar-refractivity contribution in [1.82, 2.24) is 10.3 Å². The van der Waals surface area contributed by atoms with Gasteiger partial charge in [-0.1, -0.05) is 6.92 Å². The number of nitrogens with one attached hydrogen (secondary N) is 1. The predicted octanol–water partition coefficient (Wildman–Crippen LogP) is 2.61. The Bertz CT molecular complexity index is 357. The first kappa shape index (κ1) is 13.3. The maximum Gasteiger partial charge on any atom is 0.128 e. The van der Waals surface area contributed by atoms with Crippen LogP contribution >= 0.6 is 0 Å². The Balaban J connectivity index is 1.79. The lowest BCUT2D eigenvalue weighted by Gasteiger charge is -2.33. The van der Waals surface area contributed by atoms with Gasteiger partial charge in [0.1, 0.15) is 5.82 Å². The van der Waals surface area contributed by atoms with Gasteiger partial charge >= 0.3 is 0 Å². The van der Waals surface area contributed by atoms with E-state index in [0.717, 1.165) is 31.4 Å². The van der Waals surface area contributed by atoms with E-state index < -0.39 is 0 Å². The van der Waals surface area contributed by atoms with Gasteiger partial charge in [-0.05, 0) is 62.9 Å². The highest BCUT2D eigenvalue weighted by molar-refractivity contribution is 5.40. The standard InChI is InChI=1S/C15H25N3/c1-3-7-16-12-14-5-9-18(10-6-14)15-11-13(2)4-8-17-15/h4,8,11,14,16H,3,5-7,9-10,12H2,1-2H3. The number of aryl methyl sites for hydroxylation is 1. The summed E-state index contributed by atoms with van der Waals surface area (Å²) in [6.07, 6.45) is 5.71. The number of pyridine rings is 1. The molecule has 1 saturated heterocycles. The Morgan fingerprint density at radius 2 is 2.17 bits per heavy atom. The quantitative estimate of drug-likeness (QED) is 0.811. The third-order valence-corrected chi connectivity index (χ3v) is 3.70. The number of anilines is 1. The van der Waals surface area contributed by atoms with Crippen LogP contribution in [0.15, 0.2) is 18.3 Å². The van der Waals surface area contributed by atoms with Crippen molar-refractivity contribution < 1.29 is 0 Å². The highest BCUT2D eigenvalue weighted by Crippen LogP contribution is 2.21. The van der Waals surface area contributed by atoms with Gasteiger partial charge in [-0.15, -0.1) is 0 Å². The topological polar surface area (TPSA) is 28.2 Å². The van der Waals surface area contributed by atoms with E-state index in [1.807, 2.05) is 6.20 Å². The molecule has 1 N–H and O–H groups in total. The van der Waals surface area contributed by atoms with Crippen LogP contribution in [0.5, 0.6) is 0 Å². The number of nitrogens with zero attached hydrogens (tertiary/aromatic N) is 2. The Morgan fingerprint density at radius 1 is 1.39 bits per heavy atom. The van der Waals surface area contributed by atoms with Gasteiger partial charge in [-0.3, -0.25) is 0 Å². The fraction of sp³-hybridized carbons (Fsp3) is 0.667. The highest BCUT2D eigenvalue weighted by atomic mass is 15.2. The van der Waals surface area contributed by atoms with E-state index in [2.05, 4.69) is 41.2 Å². The zero-order chi connectivity index (χ0) is 12.8. The third-order valence-electron chi connectivity index (χ3n) is 3.70.